The number of fused-ring (bicyclic) bond motifs is 1. The molecule has 0 amide bonds. The second-order valence-electron chi connectivity index (χ2n) is 6.55. The van der Waals surface area contributed by atoms with E-state index in [4.69, 9.17) is 4.98 Å². The second-order valence-corrected chi connectivity index (χ2v) is 7.49. The van der Waals surface area contributed by atoms with Crippen molar-refractivity contribution in [3.63, 3.8) is 0 Å². The highest BCUT2D eigenvalue weighted by Gasteiger charge is 2.20. The predicted molar refractivity (Wildman–Crippen MR) is 93.1 cm³/mol. The SMILES string of the molecule is Cc1nc2c(c(=O)n1C)CCN(Cc1nc(C(C)C)cs1)CC2. The van der Waals surface area contributed by atoms with Crippen molar-refractivity contribution in [2.75, 3.05) is 13.1 Å². The normalized spacial score (nSPS) is 15.7. The van der Waals surface area contributed by atoms with Crippen LogP contribution < -0.4 is 5.56 Å². The highest BCUT2D eigenvalue weighted by Crippen LogP contribution is 2.20. The van der Waals surface area contributed by atoms with Gasteiger partial charge in [-0.15, -0.1) is 11.3 Å². The van der Waals surface area contributed by atoms with Gasteiger partial charge in [0.05, 0.1) is 17.9 Å². The molecule has 2 aromatic heterocycles. The average Bonchev–Trinajstić information content (AvgIpc) is 2.89. The van der Waals surface area contributed by atoms with Gasteiger partial charge in [0.2, 0.25) is 0 Å². The first-order chi connectivity index (χ1) is 11.0. The Morgan fingerprint density at radius 2 is 2.00 bits per heavy atom. The van der Waals surface area contributed by atoms with Gasteiger partial charge in [0.25, 0.3) is 5.56 Å². The Morgan fingerprint density at radius 3 is 2.70 bits per heavy atom. The Balaban J connectivity index is 1.74. The minimum atomic E-state index is 0.116. The first kappa shape index (κ1) is 16.3. The van der Waals surface area contributed by atoms with E-state index in [2.05, 4.69) is 29.1 Å². The molecule has 0 unspecified atom stereocenters. The molecule has 0 radical (unpaired) electrons. The van der Waals surface area contributed by atoms with Crippen molar-refractivity contribution in [1.82, 2.24) is 19.4 Å². The molecular formula is C17H24N4OS. The Kier molecular flexibility index (Phi) is 4.64. The van der Waals surface area contributed by atoms with Crippen LogP contribution in [0.15, 0.2) is 10.2 Å². The van der Waals surface area contributed by atoms with Gasteiger partial charge in [0, 0.05) is 37.5 Å². The maximum atomic E-state index is 12.4. The fraction of sp³-hybridized carbons (Fsp3) is 0.588. The number of rotatable bonds is 3. The van der Waals surface area contributed by atoms with E-state index in [1.165, 1.54) is 5.69 Å². The zero-order chi connectivity index (χ0) is 16.6. The molecule has 0 aliphatic carbocycles. The van der Waals surface area contributed by atoms with Crippen LogP contribution >= 0.6 is 11.3 Å². The van der Waals surface area contributed by atoms with Crippen molar-refractivity contribution in [2.24, 2.45) is 7.05 Å². The molecular weight excluding hydrogens is 308 g/mol. The molecule has 0 atom stereocenters. The van der Waals surface area contributed by atoms with Gasteiger partial charge in [-0.1, -0.05) is 13.8 Å². The van der Waals surface area contributed by atoms with Gasteiger partial charge < -0.3 is 0 Å². The largest absolute Gasteiger partial charge is 0.300 e. The topological polar surface area (TPSA) is 51.0 Å². The van der Waals surface area contributed by atoms with E-state index >= 15 is 0 Å². The summed E-state index contributed by atoms with van der Waals surface area (Å²) in [6.45, 7) is 8.93. The highest BCUT2D eigenvalue weighted by molar-refractivity contribution is 7.09. The lowest BCUT2D eigenvalue weighted by Gasteiger charge is -2.17. The van der Waals surface area contributed by atoms with Crippen LogP contribution in [0, 0.1) is 6.92 Å². The lowest BCUT2D eigenvalue weighted by molar-refractivity contribution is 0.278. The number of aryl methyl sites for hydroxylation is 1. The Hall–Kier alpha value is -1.53. The summed E-state index contributed by atoms with van der Waals surface area (Å²) in [6.07, 6.45) is 1.62. The summed E-state index contributed by atoms with van der Waals surface area (Å²) in [5.41, 5.74) is 3.16. The highest BCUT2D eigenvalue weighted by atomic mass is 32.1. The first-order valence-corrected chi connectivity index (χ1v) is 9.05. The van der Waals surface area contributed by atoms with Crippen molar-refractivity contribution in [3.8, 4) is 0 Å². The van der Waals surface area contributed by atoms with Crippen molar-refractivity contribution < 1.29 is 0 Å². The van der Waals surface area contributed by atoms with Crippen LogP contribution in [0.25, 0.3) is 0 Å². The Bertz CT molecular complexity index is 762. The van der Waals surface area contributed by atoms with Crippen molar-refractivity contribution in [2.45, 2.75) is 46.1 Å². The minimum absolute atomic E-state index is 0.116. The molecule has 23 heavy (non-hydrogen) atoms. The molecule has 5 nitrogen and oxygen atoms in total. The van der Waals surface area contributed by atoms with Crippen LogP contribution in [0.2, 0.25) is 0 Å². The number of thiazole rings is 1. The summed E-state index contributed by atoms with van der Waals surface area (Å²) in [7, 11) is 1.80. The summed E-state index contributed by atoms with van der Waals surface area (Å²) in [5, 5.41) is 3.32. The van der Waals surface area contributed by atoms with Gasteiger partial charge in [-0.3, -0.25) is 14.3 Å². The van der Waals surface area contributed by atoms with E-state index < -0.39 is 0 Å². The van der Waals surface area contributed by atoms with Crippen LogP contribution in [0.4, 0.5) is 0 Å². The molecule has 0 bridgehead atoms. The summed E-state index contributed by atoms with van der Waals surface area (Å²) in [4.78, 5) is 24.2. The van der Waals surface area contributed by atoms with E-state index in [9.17, 15) is 4.79 Å². The third-order valence-electron chi connectivity index (χ3n) is 4.56. The van der Waals surface area contributed by atoms with Gasteiger partial charge in [-0.25, -0.2) is 9.97 Å². The molecule has 1 aliphatic rings. The molecule has 0 saturated carbocycles. The summed E-state index contributed by atoms with van der Waals surface area (Å²) in [5.74, 6) is 1.27. The fourth-order valence-electron chi connectivity index (χ4n) is 2.93. The van der Waals surface area contributed by atoms with Crippen molar-refractivity contribution >= 4 is 11.3 Å². The molecule has 3 rings (SSSR count). The maximum absolute atomic E-state index is 12.4. The van der Waals surface area contributed by atoms with E-state index in [1.54, 1.807) is 23.0 Å². The molecule has 3 heterocycles. The number of aromatic nitrogens is 3. The number of hydrogen-bond acceptors (Lipinski definition) is 5. The van der Waals surface area contributed by atoms with Crippen LogP contribution in [-0.2, 0) is 26.4 Å². The summed E-state index contributed by atoms with van der Waals surface area (Å²) < 4.78 is 1.66. The molecule has 0 spiro atoms. The van der Waals surface area contributed by atoms with E-state index in [-0.39, 0.29) is 5.56 Å². The van der Waals surface area contributed by atoms with Crippen molar-refractivity contribution in [1.29, 1.82) is 0 Å². The summed E-state index contributed by atoms with van der Waals surface area (Å²) in [6, 6.07) is 0. The zero-order valence-corrected chi connectivity index (χ0v) is 15.1. The molecule has 0 saturated heterocycles. The van der Waals surface area contributed by atoms with E-state index in [0.717, 1.165) is 54.6 Å². The molecule has 0 aromatic carbocycles. The maximum Gasteiger partial charge on any atom is 0.256 e. The van der Waals surface area contributed by atoms with Gasteiger partial charge >= 0.3 is 0 Å². The van der Waals surface area contributed by atoms with E-state index in [1.807, 2.05) is 6.92 Å². The zero-order valence-electron chi connectivity index (χ0n) is 14.3. The van der Waals surface area contributed by atoms with Crippen LogP contribution in [0.1, 0.15) is 47.5 Å². The van der Waals surface area contributed by atoms with Gasteiger partial charge in [0.1, 0.15) is 10.8 Å². The van der Waals surface area contributed by atoms with Crippen LogP contribution in [0.3, 0.4) is 0 Å². The first-order valence-electron chi connectivity index (χ1n) is 8.17. The van der Waals surface area contributed by atoms with Crippen molar-refractivity contribution in [3.05, 3.63) is 43.5 Å². The lowest BCUT2D eigenvalue weighted by atomic mass is 10.1. The third kappa shape index (κ3) is 3.38. The molecule has 6 heteroatoms. The number of nitrogens with zero attached hydrogens (tertiary/aromatic N) is 4. The number of hydrogen-bond donors (Lipinski definition) is 0. The predicted octanol–water partition coefficient (Wildman–Crippen LogP) is 2.27. The minimum Gasteiger partial charge on any atom is -0.300 e. The smallest absolute Gasteiger partial charge is 0.256 e. The molecule has 124 valence electrons. The van der Waals surface area contributed by atoms with Gasteiger partial charge in [0.15, 0.2) is 0 Å². The molecule has 2 aromatic rings. The second kappa shape index (κ2) is 6.53. The monoisotopic (exact) mass is 332 g/mol. The lowest BCUT2D eigenvalue weighted by Crippen LogP contribution is -2.28. The Labute approximate surface area is 141 Å². The van der Waals surface area contributed by atoms with Crippen LogP contribution in [-0.4, -0.2) is 32.5 Å². The van der Waals surface area contributed by atoms with Gasteiger partial charge in [-0.05, 0) is 19.3 Å². The average molecular weight is 332 g/mol. The van der Waals surface area contributed by atoms with Gasteiger partial charge in [-0.2, -0.15) is 0 Å². The third-order valence-corrected chi connectivity index (χ3v) is 5.41. The van der Waals surface area contributed by atoms with E-state index in [0.29, 0.717) is 5.92 Å². The molecule has 0 fully saturated rings. The quantitative estimate of drug-likeness (QED) is 0.865. The standard InChI is InChI=1S/C17H24N4OS/c1-11(2)15-10-23-16(19-15)9-21-7-5-13-14(6-8-21)18-12(3)20(4)17(13)22/h10-11H,5-9H2,1-4H3. The van der Waals surface area contributed by atoms with Crippen LogP contribution in [0.5, 0.6) is 0 Å². The molecule has 1 aliphatic heterocycles. The molecule has 0 N–H and O–H groups in total. The summed E-state index contributed by atoms with van der Waals surface area (Å²) >= 11 is 1.74. The fourth-order valence-corrected chi connectivity index (χ4v) is 3.92. The Morgan fingerprint density at radius 1 is 1.26 bits per heavy atom.